The molecule has 2 heterocycles. The van der Waals surface area contributed by atoms with Gasteiger partial charge in [-0.2, -0.15) is 0 Å². The average molecular weight is 388 g/mol. The van der Waals surface area contributed by atoms with E-state index in [0.29, 0.717) is 29.6 Å². The number of ether oxygens (including phenoxy) is 2. The molecule has 1 aliphatic rings. The minimum atomic E-state index is -0.0263. The molecule has 2 aromatic rings. The van der Waals surface area contributed by atoms with Crippen LogP contribution in [0.5, 0.6) is 11.5 Å². The number of benzene rings is 1. The number of hydrogen-bond donors (Lipinski definition) is 0. The maximum Gasteiger partial charge on any atom is 0.246 e. The molecule has 1 aromatic heterocycles. The van der Waals surface area contributed by atoms with Crippen LogP contribution in [0.25, 0.3) is 6.08 Å². The fourth-order valence-electron chi connectivity index (χ4n) is 3.00. The van der Waals surface area contributed by atoms with Crippen molar-refractivity contribution in [1.82, 2.24) is 9.88 Å². The monoisotopic (exact) mass is 387 g/mol. The number of pyridine rings is 1. The quantitative estimate of drug-likeness (QED) is 0.738. The Labute approximate surface area is 164 Å². The summed E-state index contributed by atoms with van der Waals surface area (Å²) in [6.45, 7) is 2.84. The molecule has 0 atom stereocenters. The minimum Gasteiger partial charge on any atom is -0.493 e. The highest BCUT2D eigenvalue weighted by atomic mass is 35.5. The molecule has 1 amide bonds. The third kappa shape index (κ3) is 4.52. The molecule has 0 radical (unpaired) electrons. The Morgan fingerprint density at radius 1 is 1.15 bits per heavy atom. The summed E-state index contributed by atoms with van der Waals surface area (Å²) in [5.41, 5.74) is 0.776. The van der Waals surface area contributed by atoms with E-state index in [0.717, 1.165) is 24.5 Å². The molecule has 0 aliphatic carbocycles. The summed E-state index contributed by atoms with van der Waals surface area (Å²) in [7, 11) is 3.08. The first-order valence-corrected chi connectivity index (χ1v) is 9.04. The summed E-state index contributed by atoms with van der Waals surface area (Å²) < 4.78 is 10.5. The number of anilines is 1. The summed E-state index contributed by atoms with van der Waals surface area (Å²) >= 11 is 6.21. The maximum absolute atomic E-state index is 12.5. The smallest absolute Gasteiger partial charge is 0.246 e. The van der Waals surface area contributed by atoms with Gasteiger partial charge in [0.2, 0.25) is 5.91 Å². The number of methoxy groups -OCH3 is 2. The second kappa shape index (κ2) is 8.77. The highest BCUT2D eigenvalue weighted by molar-refractivity contribution is 6.32. The molecule has 3 rings (SSSR count). The van der Waals surface area contributed by atoms with Gasteiger partial charge in [0.1, 0.15) is 5.82 Å². The number of amides is 1. The Morgan fingerprint density at radius 2 is 1.93 bits per heavy atom. The number of carbonyl (C=O) groups is 1. The van der Waals surface area contributed by atoms with Crippen molar-refractivity contribution in [2.75, 3.05) is 45.3 Å². The molecule has 27 heavy (non-hydrogen) atoms. The van der Waals surface area contributed by atoms with Gasteiger partial charge in [-0.3, -0.25) is 4.79 Å². The Kier molecular flexibility index (Phi) is 6.19. The molecule has 0 bridgehead atoms. The van der Waals surface area contributed by atoms with Crippen molar-refractivity contribution in [3.63, 3.8) is 0 Å². The molecule has 0 spiro atoms. The van der Waals surface area contributed by atoms with Crippen LogP contribution < -0.4 is 14.4 Å². The van der Waals surface area contributed by atoms with Crippen molar-refractivity contribution in [2.24, 2.45) is 0 Å². The van der Waals surface area contributed by atoms with Gasteiger partial charge in [0.15, 0.2) is 11.5 Å². The van der Waals surface area contributed by atoms with Gasteiger partial charge in [-0.1, -0.05) is 17.7 Å². The SMILES string of the molecule is COc1cc(/C=C/C(=O)N2CCN(c3ccccn3)CC2)cc(Cl)c1OC. The predicted molar refractivity (Wildman–Crippen MR) is 107 cm³/mol. The average Bonchev–Trinajstić information content (AvgIpc) is 2.72. The molecule has 7 heteroatoms. The molecule has 0 N–H and O–H groups in total. The molecular formula is C20H22ClN3O3. The van der Waals surface area contributed by atoms with Crippen LogP contribution in [-0.4, -0.2) is 56.2 Å². The summed E-state index contributed by atoms with van der Waals surface area (Å²) in [4.78, 5) is 20.9. The van der Waals surface area contributed by atoms with Crippen molar-refractivity contribution in [1.29, 1.82) is 0 Å². The first-order valence-electron chi connectivity index (χ1n) is 8.67. The highest BCUT2D eigenvalue weighted by Gasteiger charge is 2.20. The molecule has 0 saturated carbocycles. The van der Waals surface area contributed by atoms with Crippen molar-refractivity contribution >= 4 is 29.4 Å². The van der Waals surface area contributed by atoms with Crippen LogP contribution in [0, 0.1) is 0 Å². The van der Waals surface area contributed by atoms with Crippen molar-refractivity contribution in [3.05, 3.63) is 53.2 Å². The zero-order valence-corrected chi connectivity index (χ0v) is 16.1. The number of halogens is 1. The van der Waals surface area contributed by atoms with Gasteiger partial charge in [-0.25, -0.2) is 4.98 Å². The van der Waals surface area contributed by atoms with Crippen LogP contribution in [0.2, 0.25) is 5.02 Å². The lowest BCUT2D eigenvalue weighted by molar-refractivity contribution is -0.126. The lowest BCUT2D eigenvalue weighted by Crippen LogP contribution is -2.48. The van der Waals surface area contributed by atoms with E-state index in [2.05, 4.69) is 9.88 Å². The van der Waals surface area contributed by atoms with Gasteiger partial charge >= 0.3 is 0 Å². The maximum atomic E-state index is 12.5. The van der Waals surface area contributed by atoms with E-state index in [1.807, 2.05) is 23.1 Å². The third-order valence-electron chi connectivity index (χ3n) is 4.44. The van der Waals surface area contributed by atoms with Crippen LogP contribution in [0.4, 0.5) is 5.82 Å². The first kappa shape index (κ1) is 19.0. The molecule has 1 fully saturated rings. The third-order valence-corrected chi connectivity index (χ3v) is 4.72. The fraction of sp³-hybridized carbons (Fsp3) is 0.300. The molecule has 142 valence electrons. The van der Waals surface area contributed by atoms with Gasteiger partial charge in [0.25, 0.3) is 0 Å². The molecular weight excluding hydrogens is 366 g/mol. The van der Waals surface area contributed by atoms with E-state index in [1.165, 1.54) is 7.11 Å². The van der Waals surface area contributed by atoms with Crippen LogP contribution >= 0.6 is 11.6 Å². The second-order valence-electron chi connectivity index (χ2n) is 6.07. The van der Waals surface area contributed by atoms with Crippen LogP contribution in [0.3, 0.4) is 0 Å². The number of carbonyl (C=O) groups excluding carboxylic acids is 1. The zero-order chi connectivity index (χ0) is 19.2. The number of piperazine rings is 1. The number of nitrogens with zero attached hydrogens (tertiary/aromatic N) is 3. The fourth-order valence-corrected chi connectivity index (χ4v) is 3.30. The van der Waals surface area contributed by atoms with Gasteiger partial charge < -0.3 is 19.3 Å². The lowest BCUT2D eigenvalue weighted by atomic mass is 10.1. The van der Waals surface area contributed by atoms with E-state index in [1.54, 1.807) is 37.6 Å². The molecule has 1 saturated heterocycles. The van der Waals surface area contributed by atoms with Crippen molar-refractivity contribution in [2.45, 2.75) is 0 Å². The molecule has 1 aromatic carbocycles. The molecule has 1 aliphatic heterocycles. The summed E-state index contributed by atoms with van der Waals surface area (Å²) in [6, 6.07) is 9.38. The van der Waals surface area contributed by atoms with Crippen LogP contribution in [0.15, 0.2) is 42.6 Å². The van der Waals surface area contributed by atoms with Gasteiger partial charge in [-0.15, -0.1) is 0 Å². The van der Waals surface area contributed by atoms with Crippen LogP contribution in [-0.2, 0) is 4.79 Å². The van der Waals surface area contributed by atoms with E-state index < -0.39 is 0 Å². The summed E-state index contributed by atoms with van der Waals surface area (Å²) in [5, 5.41) is 0.438. The Bertz CT molecular complexity index is 819. The Hall–Kier alpha value is -2.73. The summed E-state index contributed by atoms with van der Waals surface area (Å²) in [5.74, 6) is 1.93. The topological polar surface area (TPSA) is 54.9 Å². The van der Waals surface area contributed by atoms with Gasteiger partial charge in [-0.05, 0) is 35.9 Å². The standard InChI is InChI=1S/C20H22ClN3O3/c1-26-17-14-15(13-16(21)20(17)27-2)6-7-19(25)24-11-9-23(10-12-24)18-5-3-4-8-22-18/h3-8,13-14H,9-12H2,1-2H3/b7-6+. The van der Waals surface area contributed by atoms with E-state index in [9.17, 15) is 4.79 Å². The Balaban J connectivity index is 1.62. The van der Waals surface area contributed by atoms with Crippen molar-refractivity contribution in [3.8, 4) is 11.5 Å². The number of rotatable bonds is 5. The molecule has 0 unspecified atom stereocenters. The first-order chi connectivity index (χ1) is 13.1. The highest BCUT2D eigenvalue weighted by Crippen LogP contribution is 2.36. The Morgan fingerprint density at radius 3 is 2.56 bits per heavy atom. The zero-order valence-electron chi connectivity index (χ0n) is 15.4. The summed E-state index contributed by atoms with van der Waals surface area (Å²) in [6.07, 6.45) is 5.08. The van der Waals surface area contributed by atoms with Crippen LogP contribution in [0.1, 0.15) is 5.56 Å². The normalized spacial score (nSPS) is 14.5. The predicted octanol–water partition coefficient (Wildman–Crippen LogP) is 3.11. The van der Waals surface area contributed by atoms with E-state index >= 15 is 0 Å². The second-order valence-corrected chi connectivity index (χ2v) is 6.48. The van der Waals surface area contributed by atoms with E-state index in [-0.39, 0.29) is 5.91 Å². The van der Waals surface area contributed by atoms with Gasteiger partial charge in [0, 0.05) is 38.5 Å². The van der Waals surface area contributed by atoms with Gasteiger partial charge in [0.05, 0.1) is 19.2 Å². The molecule has 6 nitrogen and oxygen atoms in total. The largest absolute Gasteiger partial charge is 0.493 e. The van der Waals surface area contributed by atoms with E-state index in [4.69, 9.17) is 21.1 Å². The number of aromatic nitrogens is 1. The lowest BCUT2D eigenvalue weighted by Gasteiger charge is -2.34. The van der Waals surface area contributed by atoms with Crippen molar-refractivity contribution < 1.29 is 14.3 Å². The minimum absolute atomic E-state index is 0.0263. The number of hydrogen-bond acceptors (Lipinski definition) is 5.